The molecule has 0 unspecified atom stereocenters. The predicted octanol–water partition coefficient (Wildman–Crippen LogP) is 2.20. The fraction of sp³-hybridized carbons (Fsp3) is 0.231. The predicted molar refractivity (Wildman–Crippen MR) is 75.1 cm³/mol. The van der Waals surface area contributed by atoms with Crippen LogP contribution < -0.4 is 5.56 Å². The number of fused-ring (bicyclic) bond motifs is 1. The topological polar surface area (TPSA) is 76.0 Å². The van der Waals surface area contributed by atoms with Crippen LogP contribution in [0.3, 0.4) is 0 Å². The average molecular weight is 339 g/mol. The SMILES string of the molecule is Cc1sc2nc(Cn3ccc(C(F)(F)F)n3)cc(=O)n2c1C#N. The summed E-state index contributed by atoms with van der Waals surface area (Å²) in [6, 6.07) is 3.98. The third-order valence-electron chi connectivity index (χ3n) is 3.10. The molecule has 0 aliphatic rings. The smallest absolute Gasteiger partial charge is 0.269 e. The van der Waals surface area contributed by atoms with Gasteiger partial charge in [-0.3, -0.25) is 9.48 Å². The number of nitriles is 1. The largest absolute Gasteiger partial charge is 0.435 e. The summed E-state index contributed by atoms with van der Waals surface area (Å²) < 4.78 is 39.8. The summed E-state index contributed by atoms with van der Waals surface area (Å²) in [5.41, 5.74) is -0.965. The lowest BCUT2D eigenvalue weighted by molar-refractivity contribution is -0.141. The maximum atomic E-state index is 12.5. The molecule has 0 saturated carbocycles. The van der Waals surface area contributed by atoms with Crippen LogP contribution >= 0.6 is 11.3 Å². The Labute approximate surface area is 131 Å². The van der Waals surface area contributed by atoms with E-state index in [4.69, 9.17) is 5.26 Å². The van der Waals surface area contributed by atoms with Gasteiger partial charge in [-0.2, -0.15) is 23.5 Å². The van der Waals surface area contributed by atoms with Crippen molar-refractivity contribution in [3.05, 3.63) is 50.6 Å². The molecule has 3 aromatic rings. The molecule has 3 heterocycles. The van der Waals surface area contributed by atoms with E-state index < -0.39 is 17.4 Å². The Kier molecular flexibility index (Phi) is 3.45. The van der Waals surface area contributed by atoms with Crippen LogP contribution in [0.1, 0.15) is 22.0 Å². The first-order chi connectivity index (χ1) is 10.8. The Morgan fingerprint density at radius 1 is 1.43 bits per heavy atom. The molecule has 0 fully saturated rings. The van der Waals surface area contributed by atoms with Gasteiger partial charge < -0.3 is 0 Å². The zero-order valence-electron chi connectivity index (χ0n) is 11.6. The Morgan fingerprint density at radius 2 is 2.17 bits per heavy atom. The quantitative estimate of drug-likeness (QED) is 0.717. The van der Waals surface area contributed by atoms with Crippen LogP contribution in [0.4, 0.5) is 13.2 Å². The Hall–Kier alpha value is -2.67. The molecular formula is C13H8F3N5OS. The van der Waals surface area contributed by atoms with Crippen molar-refractivity contribution in [1.29, 1.82) is 5.26 Å². The zero-order chi connectivity index (χ0) is 16.8. The Morgan fingerprint density at radius 3 is 2.78 bits per heavy atom. The lowest BCUT2D eigenvalue weighted by atomic mass is 10.4. The fourth-order valence-electron chi connectivity index (χ4n) is 2.10. The first kappa shape index (κ1) is 15.2. The first-order valence-electron chi connectivity index (χ1n) is 6.32. The normalized spacial score (nSPS) is 11.8. The van der Waals surface area contributed by atoms with Gasteiger partial charge in [0.25, 0.3) is 5.56 Å². The van der Waals surface area contributed by atoms with Gasteiger partial charge in [0.05, 0.1) is 12.2 Å². The van der Waals surface area contributed by atoms with E-state index in [-0.39, 0.29) is 17.9 Å². The minimum atomic E-state index is -4.52. The third kappa shape index (κ3) is 2.70. The summed E-state index contributed by atoms with van der Waals surface area (Å²) in [6.07, 6.45) is -3.35. The third-order valence-corrected chi connectivity index (χ3v) is 4.06. The van der Waals surface area contributed by atoms with E-state index in [1.807, 2.05) is 6.07 Å². The van der Waals surface area contributed by atoms with Gasteiger partial charge in [0, 0.05) is 17.1 Å². The molecule has 10 heteroatoms. The standard InChI is InChI=1S/C13H8F3N5OS/c1-7-9(5-17)21-11(22)4-8(18-12(21)23-7)6-20-3-2-10(19-20)13(14,15)16/h2-4H,6H2,1H3. The van der Waals surface area contributed by atoms with Crippen molar-refractivity contribution in [2.24, 2.45) is 0 Å². The van der Waals surface area contributed by atoms with E-state index in [9.17, 15) is 18.0 Å². The van der Waals surface area contributed by atoms with Gasteiger partial charge in [0.15, 0.2) is 10.7 Å². The number of rotatable bonds is 2. The van der Waals surface area contributed by atoms with Crippen LogP contribution in [-0.2, 0) is 12.7 Å². The van der Waals surface area contributed by atoms with Gasteiger partial charge in [0.2, 0.25) is 0 Å². The maximum Gasteiger partial charge on any atom is 0.435 e. The Bertz CT molecular complexity index is 992. The molecule has 0 bridgehead atoms. The van der Waals surface area contributed by atoms with Gasteiger partial charge >= 0.3 is 6.18 Å². The van der Waals surface area contributed by atoms with E-state index in [0.717, 1.165) is 10.7 Å². The average Bonchev–Trinajstić information content (AvgIpc) is 3.02. The van der Waals surface area contributed by atoms with Crippen LogP contribution in [0.2, 0.25) is 0 Å². The van der Waals surface area contributed by atoms with Crippen LogP contribution in [0.15, 0.2) is 23.1 Å². The zero-order valence-corrected chi connectivity index (χ0v) is 12.4. The minimum absolute atomic E-state index is 0.0688. The summed E-state index contributed by atoms with van der Waals surface area (Å²) >= 11 is 1.17. The van der Waals surface area contributed by atoms with Crippen LogP contribution in [0.25, 0.3) is 4.96 Å². The summed E-state index contributed by atoms with van der Waals surface area (Å²) in [5.74, 6) is 0. The van der Waals surface area contributed by atoms with Gasteiger partial charge in [-0.15, -0.1) is 11.3 Å². The Balaban J connectivity index is 2.00. The van der Waals surface area contributed by atoms with Crippen LogP contribution in [0, 0.1) is 18.3 Å². The minimum Gasteiger partial charge on any atom is -0.269 e. The molecule has 0 spiro atoms. The summed E-state index contributed by atoms with van der Waals surface area (Å²) in [6.45, 7) is 1.63. The van der Waals surface area contributed by atoms with Crippen molar-refractivity contribution in [2.75, 3.05) is 0 Å². The van der Waals surface area contributed by atoms with Crippen LogP contribution in [0.5, 0.6) is 0 Å². The molecule has 118 valence electrons. The molecular weight excluding hydrogens is 331 g/mol. The van der Waals surface area contributed by atoms with E-state index in [1.54, 1.807) is 6.92 Å². The molecule has 6 nitrogen and oxygen atoms in total. The number of thiazole rings is 1. The lowest BCUT2D eigenvalue weighted by Crippen LogP contribution is -2.17. The number of aryl methyl sites for hydroxylation is 1. The van der Waals surface area contributed by atoms with Crippen molar-refractivity contribution in [1.82, 2.24) is 19.2 Å². The molecule has 0 saturated heterocycles. The van der Waals surface area contributed by atoms with Gasteiger partial charge in [0.1, 0.15) is 11.8 Å². The lowest BCUT2D eigenvalue weighted by Gasteiger charge is -2.03. The van der Waals surface area contributed by atoms with Crippen molar-refractivity contribution in [3.8, 4) is 6.07 Å². The van der Waals surface area contributed by atoms with Crippen LogP contribution in [-0.4, -0.2) is 19.2 Å². The number of nitrogens with zero attached hydrogens (tertiary/aromatic N) is 5. The van der Waals surface area contributed by atoms with Crippen molar-refractivity contribution in [3.63, 3.8) is 0 Å². The number of alkyl halides is 3. The number of aromatic nitrogens is 4. The van der Waals surface area contributed by atoms with Gasteiger partial charge in [-0.1, -0.05) is 0 Å². The van der Waals surface area contributed by atoms with Gasteiger partial charge in [-0.25, -0.2) is 9.38 Å². The van der Waals surface area contributed by atoms with Crippen molar-refractivity contribution >= 4 is 16.3 Å². The number of hydrogen-bond acceptors (Lipinski definition) is 5. The molecule has 0 radical (unpaired) electrons. The molecule has 0 aliphatic carbocycles. The monoisotopic (exact) mass is 339 g/mol. The van der Waals surface area contributed by atoms with E-state index in [2.05, 4.69) is 10.1 Å². The number of hydrogen-bond donors (Lipinski definition) is 0. The highest BCUT2D eigenvalue weighted by Crippen LogP contribution is 2.27. The second-order valence-corrected chi connectivity index (χ2v) is 5.90. The highest BCUT2D eigenvalue weighted by Gasteiger charge is 2.33. The van der Waals surface area contributed by atoms with E-state index in [1.165, 1.54) is 28.0 Å². The van der Waals surface area contributed by atoms with Gasteiger partial charge in [-0.05, 0) is 13.0 Å². The molecule has 23 heavy (non-hydrogen) atoms. The molecule has 0 atom stereocenters. The highest BCUT2D eigenvalue weighted by atomic mass is 32.1. The van der Waals surface area contributed by atoms with Crippen molar-refractivity contribution < 1.29 is 13.2 Å². The second-order valence-electron chi connectivity index (χ2n) is 4.72. The molecule has 3 rings (SSSR count). The molecule has 3 aromatic heterocycles. The number of halogens is 3. The van der Waals surface area contributed by atoms with E-state index >= 15 is 0 Å². The summed E-state index contributed by atoms with van der Waals surface area (Å²) in [4.78, 5) is 17.3. The van der Waals surface area contributed by atoms with Crippen molar-refractivity contribution in [2.45, 2.75) is 19.6 Å². The molecule has 0 aliphatic heterocycles. The molecule has 0 N–H and O–H groups in total. The fourth-order valence-corrected chi connectivity index (χ4v) is 3.04. The highest BCUT2D eigenvalue weighted by molar-refractivity contribution is 7.17. The summed E-state index contributed by atoms with van der Waals surface area (Å²) in [7, 11) is 0. The van der Waals surface area contributed by atoms with E-state index in [0.29, 0.717) is 9.84 Å². The summed E-state index contributed by atoms with van der Waals surface area (Å²) in [5, 5.41) is 12.5. The second kappa shape index (κ2) is 5.20. The first-order valence-corrected chi connectivity index (χ1v) is 7.14. The molecule has 0 amide bonds. The maximum absolute atomic E-state index is 12.5. The molecule has 0 aromatic carbocycles.